The molecule has 0 aliphatic heterocycles. The van der Waals surface area contributed by atoms with E-state index in [-0.39, 0.29) is 0 Å². The van der Waals surface area contributed by atoms with Crippen molar-refractivity contribution in [2.45, 2.75) is 0 Å². The van der Waals surface area contributed by atoms with E-state index < -0.39 is 0 Å². The molecule has 0 saturated carbocycles. The zero-order valence-corrected chi connectivity index (χ0v) is 6.12. The predicted molar refractivity (Wildman–Crippen MR) is 39.5 cm³/mol. The fourth-order valence-corrected chi connectivity index (χ4v) is 1.24. The van der Waals surface area contributed by atoms with Crippen molar-refractivity contribution in [2.75, 3.05) is 0 Å². The van der Waals surface area contributed by atoms with E-state index in [2.05, 4.69) is 15.1 Å². The van der Waals surface area contributed by atoms with Crippen LogP contribution in [0.4, 0.5) is 0 Å². The second-order valence-electron chi connectivity index (χ2n) is 2.46. The van der Waals surface area contributed by atoms with E-state index in [0.29, 0.717) is 5.65 Å². The molecule has 5 heteroatoms. The summed E-state index contributed by atoms with van der Waals surface area (Å²) in [6, 6.07) is 1.90. The topological polar surface area (TPSA) is 48.4 Å². The van der Waals surface area contributed by atoms with E-state index >= 15 is 0 Å². The molecule has 0 aliphatic rings. The molecule has 3 aromatic rings. The highest BCUT2D eigenvalue weighted by molar-refractivity contribution is 5.61. The Morgan fingerprint density at radius 3 is 3.25 bits per heavy atom. The summed E-state index contributed by atoms with van der Waals surface area (Å²) in [4.78, 5) is 8.23. The van der Waals surface area contributed by atoms with Gasteiger partial charge in [0, 0.05) is 18.5 Å². The lowest BCUT2D eigenvalue weighted by Gasteiger charge is -1.87. The average Bonchev–Trinajstić information content (AvgIpc) is 2.62. The zero-order valence-electron chi connectivity index (χ0n) is 6.12. The molecule has 3 rings (SSSR count). The average molecular weight is 159 g/mol. The molecule has 0 bridgehead atoms. The molecule has 0 spiro atoms. The van der Waals surface area contributed by atoms with E-state index in [1.54, 1.807) is 17.0 Å². The van der Waals surface area contributed by atoms with E-state index in [1.165, 1.54) is 0 Å². The van der Waals surface area contributed by atoms with Gasteiger partial charge in [0.05, 0.1) is 0 Å². The van der Waals surface area contributed by atoms with Crippen LogP contribution in [0.3, 0.4) is 0 Å². The number of fused-ring (bicyclic) bond motifs is 3. The third-order valence-electron chi connectivity index (χ3n) is 1.74. The molecule has 0 amide bonds. The largest absolute Gasteiger partial charge is 0.361 e. The molecule has 0 aromatic carbocycles. The Labute approximate surface area is 67.3 Å². The fourth-order valence-electron chi connectivity index (χ4n) is 1.24. The van der Waals surface area contributed by atoms with Crippen LogP contribution in [0.15, 0.2) is 30.9 Å². The van der Waals surface area contributed by atoms with Crippen LogP contribution >= 0.6 is 0 Å². The summed E-state index contributed by atoms with van der Waals surface area (Å²) < 4.78 is 3.53. The summed E-state index contributed by atoms with van der Waals surface area (Å²) >= 11 is 0. The third kappa shape index (κ3) is 0.554. The van der Waals surface area contributed by atoms with E-state index in [0.717, 1.165) is 5.65 Å². The normalized spacial score (nSPS) is 11.3. The quantitative estimate of drug-likeness (QED) is 0.412. The highest BCUT2D eigenvalue weighted by Gasteiger charge is 2.02. The number of nitrogens with zero attached hydrogens (tertiary/aromatic N) is 5. The molecule has 58 valence electrons. The Kier molecular flexibility index (Phi) is 0.864. The van der Waals surface area contributed by atoms with Gasteiger partial charge in [-0.25, -0.2) is 4.98 Å². The van der Waals surface area contributed by atoms with Gasteiger partial charge in [0.25, 0.3) is 0 Å². The molecule has 5 nitrogen and oxygen atoms in total. The second kappa shape index (κ2) is 1.82. The van der Waals surface area contributed by atoms with Crippen LogP contribution in [-0.2, 0) is 0 Å². The molecule has 3 aromatic heterocycles. The highest BCUT2D eigenvalue weighted by Crippen LogP contribution is 1.98. The van der Waals surface area contributed by atoms with Crippen LogP contribution in [0.5, 0.6) is 0 Å². The van der Waals surface area contributed by atoms with Gasteiger partial charge in [-0.05, 0) is 6.20 Å². The molecule has 0 N–H and O–H groups in total. The van der Waals surface area contributed by atoms with Crippen molar-refractivity contribution in [3.8, 4) is 0 Å². The number of aromatic nitrogens is 5. The van der Waals surface area contributed by atoms with Crippen molar-refractivity contribution in [1.29, 1.82) is 0 Å². The van der Waals surface area contributed by atoms with Crippen LogP contribution in [0, 0.1) is 0 Å². The molecular weight excluding hydrogens is 154 g/mol. The molecule has 0 saturated heterocycles. The summed E-state index contributed by atoms with van der Waals surface area (Å²) in [6.07, 6.45) is 7.03. The minimum absolute atomic E-state index is 0.665. The van der Waals surface area contributed by atoms with Gasteiger partial charge >= 0.3 is 0 Å². The van der Waals surface area contributed by atoms with Crippen molar-refractivity contribution < 1.29 is 4.63 Å². The summed E-state index contributed by atoms with van der Waals surface area (Å²) in [5.74, 6) is 0. The second-order valence-corrected chi connectivity index (χ2v) is 2.46. The first kappa shape index (κ1) is 5.70. The van der Waals surface area contributed by atoms with Crippen LogP contribution < -0.4 is 9.73 Å². The van der Waals surface area contributed by atoms with Crippen molar-refractivity contribution >= 4 is 11.3 Å². The zero-order chi connectivity index (χ0) is 7.97. The maximum Gasteiger partial charge on any atom is 0.203 e. The maximum absolute atomic E-state index is 4.18. The van der Waals surface area contributed by atoms with Crippen molar-refractivity contribution in [1.82, 2.24) is 19.6 Å². The first-order chi connectivity index (χ1) is 5.95. The molecule has 0 fully saturated rings. The lowest BCUT2D eigenvalue weighted by molar-refractivity contribution is -0.674. The van der Waals surface area contributed by atoms with Crippen molar-refractivity contribution in [2.24, 2.45) is 0 Å². The molecule has 12 heavy (non-hydrogen) atoms. The standard InChI is InChI=1S/C7H5N5/c1-4-11-7-6(8-2-3-9-7)10-12(11)5-1/h1-5H. The van der Waals surface area contributed by atoms with E-state index in [4.69, 9.17) is 0 Å². The summed E-state index contributed by atoms with van der Waals surface area (Å²) in [6.45, 7) is 0. The van der Waals surface area contributed by atoms with Gasteiger partial charge in [0.2, 0.25) is 6.20 Å². The Morgan fingerprint density at radius 2 is 2.25 bits per heavy atom. The third-order valence-corrected chi connectivity index (χ3v) is 1.74. The molecular formula is C7H5N5. The van der Waals surface area contributed by atoms with Crippen LogP contribution in [0.25, 0.3) is 11.3 Å². The van der Waals surface area contributed by atoms with Gasteiger partial charge < -0.3 is 4.98 Å². The van der Waals surface area contributed by atoms with Crippen LogP contribution in [-0.4, -0.2) is 14.5 Å². The van der Waals surface area contributed by atoms with Gasteiger partial charge in [0.15, 0.2) is 5.65 Å². The van der Waals surface area contributed by atoms with Gasteiger partial charge in [0.1, 0.15) is 5.65 Å². The lowest BCUT2D eigenvalue weighted by atomic mass is 10.6. The van der Waals surface area contributed by atoms with Gasteiger partial charge in [-0.3, -0.25) is 0 Å². The fraction of sp³-hybridized carbons (Fsp3) is 0. The van der Waals surface area contributed by atoms with Crippen molar-refractivity contribution in [3.63, 3.8) is 0 Å². The Morgan fingerprint density at radius 1 is 1.33 bits per heavy atom. The summed E-state index contributed by atoms with van der Waals surface area (Å²) in [5, 5.41) is 4.18. The minimum Gasteiger partial charge on any atom is -0.361 e. The predicted octanol–water partition coefficient (Wildman–Crippen LogP) is -0.575. The number of hydrogen-bond donors (Lipinski definition) is 0. The lowest BCUT2D eigenvalue weighted by Crippen LogP contribution is -2.28. The SMILES string of the molecule is c1cn2c3nccnc3[n-][n+]2c1. The first-order valence-electron chi connectivity index (χ1n) is 3.58. The highest BCUT2D eigenvalue weighted by atomic mass is 15.5. The van der Waals surface area contributed by atoms with E-state index in [9.17, 15) is 0 Å². The molecule has 0 unspecified atom stereocenters. The monoisotopic (exact) mass is 159 g/mol. The smallest absolute Gasteiger partial charge is 0.203 e. The molecule has 0 radical (unpaired) electrons. The summed E-state index contributed by atoms with van der Waals surface area (Å²) in [7, 11) is 0. The van der Waals surface area contributed by atoms with Crippen LogP contribution in [0.1, 0.15) is 0 Å². The number of hydrogen-bond acceptors (Lipinski definition) is 2. The van der Waals surface area contributed by atoms with Gasteiger partial charge in [-0.15, -0.1) is 5.10 Å². The van der Waals surface area contributed by atoms with E-state index in [1.807, 2.05) is 23.0 Å². The minimum atomic E-state index is 0.665. The van der Waals surface area contributed by atoms with Crippen LogP contribution in [0.2, 0.25) is 0 Å². The maximum atomic E-state index is 4.18. The van der Waals surface area contributed by atoms with Crippen molar-refractivity contribution in [3.05, 3.63) is 30.9 Å². The molecule has 3 heterocycles. The Bertz CT molecular complexity index is 534. The molecule has 0 aliphatic carbocycles. The first-order valence-corrected chi connectivity index (χ1v) is 3.58. The Balaban J connectivity index is 2.68. The number of rotatable bonds is 0. The summed E-state index contributed by atoms with van der Waals surface area (Å²) in [5.41, 5.74) is 1.45. The van der Waals surface area contributed by atoms with Gasteiger partial charge in [-0.2, -0.15) is 4.52 Å². The Hall–Kier alpha value is -1.91. The molecule has 0 atom stereocenters. The van der Waals surface area contributed by atoms with Gasteiger partial charge in [-0.1, -0.05) is 4.63 Å².